The summed E-state index contributed by atoms with van der Waals surface area (Å²) in [5.74, 6) is 5.23. The van der Waals surface area contributed by atoms with Gasteiger partial charge in [-0.15, -0.1) is 16.2 Å². The fourth-order valence-electron chi connectivity index (χ4n) is 2.87. The van der Waals surface area contributed by atoms with Crippen LogP contribution in [0.3, 0.4) is 0 Å². The Morgan fingerprint density at radius 3 is 2.46 bits per heavy atom. The van der Waals surface area contributed by atoms with Crippen LogP contribution in [0.5, 0.6) is 0 Å². The van der Waals surface area contributed by atoms with Crippen molar-refractivity contribution in [3.05, 3.63) is 94.0 Å². The van der Waals surface area contributed by atoms with E-state index < -0.39 is 27.7 Å². The van der Waals surface area contributed by atoms with Crippen LogP contribution in [0.4, 0.5) is 13.2 Å². The maximum absolute atomic E-state index is 13.0. The maximum atomic E-state index is 13.0. The molecule has 0 fully saturated rings. The van der Waals surface area contributed by atoms with Crippen LogP contribution in [0.15, 0.2) is 86.0 Å². The number of aryl methyl sites for hydroxylation is 1. The van der Waals surface area contributed by atoms with Crippen LogP contribution in [-0.2, 0) is 22.0 Å². The lowest BCUT2D eigenvalue weighted by atomic mass is 10.1. The van der Waals surface area contributed by atoms with Crippen LogP contribution in [0, 0.1) is 18.8 Å². The molecule has 0 saturated carbocycles. The van der Waals surface area contributed by atoms with Gasteiger partial charge in [-0.25, -0.2) is 5.43 Å². The molecule has 0 aliphatic heterocycles. The van der Waals surface area contributed by atoms with E-state index in [-0.39, 0.29) is 15.5 Å². The standard InChI is InChI=1S/C25H20ClF3N4O2S2/c1-17-14-23(22(15-21(17)26)36-16-19-9-11-20(12-10-19)25(27,28)29)37(34,35)33-24(30)32-31-13-5-8-18-6-3-2-4-7-18/h2-4,6-7,9-15H,16H2,1H3,(H3,30,32,33)/b31-13+. The molecule has 3 rings (SSSR count). The normalized spacial score (nSPS) is 12.3. The van der Waals surface area contributed by atoms with Crippen molar-refractivity contribution in [2.45, 2.75) is 28.6 Å². The predicted octanol–water partition coefficient (Wildman–Crippen LogP) is 5.59. The summed E-state index contributed by atoms with van der Waals surface area (Å²) >= 11 is 7.29. The first-order valence-electron chi connectivity index (χ1n) is 10.5. The summed E-state index contributed by atoms with van der Waals surface area (Å²) in [5.41, 5.74) is 9.07. The van der Waals surface area contributed by atoms with Crippen LogP contribution >= 0.6 is 23.4 Å². The maximum Gasteiger partial charge on any atom is 0.416 e. The first-order valence-corrected chi connectivity index (χ1v) is 13.3. The fourth-order valence-corrected chi connectivity index (χ4v) is 5.54. The number of hydrazone groups is 1. The van der Waals surface area contributed by atoms with E-state index in [9.17, 15) is 21.6 Å². The van der Waals surface area contributed by atoms with Gasteiger partial charge in [0.05, 0.1) is 11.8 Å². The van der Waals surface area contributed by atoms with Crippen LogP contribution in [0.25, 0.3) is 0 Å². The van der Waals surface area contributed by atoms with Gasteiger partial charge in [0.15, 0.2) is 0 Å². The third kappa shape index (κ3) is 8.28. The van der Waals surface area contributed by atoms with Crippen LogP contribution in [-0.4, -0.2) is 20.6 Å². The minimum atomic E-state index is -4.44. The molecule has 0 bridgehead atoms. The second kappa shape index (κ2) is 12.2. The minimum Gasteiger partial charge on any atom is -0.368 e. The third-order valence-corrected chi connectivity index (χ3v) is 7.69. The Morgan fingerprint density at radius 1 is 1.14 bits per heavy atom. The molecule has 192 valence electrons. The second-order valence-electron chi connectivity index (χ2n) is 7.49. The number of hydrogen-bond donors (Lipinski definition) is 2. The molecule has 3 N–H and O–H groups in total. The lowest BCUT2D eigenvalue weighted by molar-refractivity contribution is -0.137. The summed E-state index contributed by atoms with van der Waals surface area (Å²) in [4.78, 5) is 0.119. The summed E-state index contributed by atoms with van der Waals surface area (Å²) < 4.78 is 68.0. The zero-order valence-corrected chi connectivity index (χ0v) is 21.6. The second-order valence-corrected chi connectivity index (χ2v) is 10.5. The Hall–Kier alpha value is -3.46. The Bertz CT molecular complexity index is 1480. The number of sulfonamides is 1. The molecule has 0 unspecified atom stereocenters. The molecular weight excluding hydrogens is 545 g/mol. The van der Waals surface area contributed by atoms with E-state index in [1.807, 2.05) is 30.3 Å². The topological polar surface area (TPSA) is 96.9 Å². The molecule has 6 nitrogen and oxygen atoms in total. The molecule has 0 radical (unpaired) electrons. The number of halogens is 4. The summed E-state index contributed by atoms with van der Waals surface area (Å²) in [6.07, 6.45) is -3.23. The van der Waals surface area contributed by atoms with Gasteiger partial charge in [-0.1, -0.05) is 47.9 Å². The van der Waals surface area contributed by atoms with E-state index in [0.717, 1.165) is 29.5 Å². The number of hydrogen-bond acceptors (Lipinski definition) is 4. The molecular formula is C25H20ClF3N4O2S2. The number of alkyl halides is 3. The van der Waals surface area contributed by atoms with Crippen molar-refractivity contribution < 1.29 is 21.6 Å². The van der Waals surface area contributed by atoms with E-state index in [4.69, 9.17) is 17.3 Å². The molecule has 0 aliphatic rings. The van der Waals surface area contributed by atoms with Gasteiger partial charge in [0, 0.05) is 21.2 Å². The van der Waals surface area contributed by atoms with Crippen LogP contribution in [0.1, 0.15) is 22.3 Å². The van der Waals surface area contributed by atoms with E-state index in [0.29, 0.717) is 16.1 Å². The Balaban J connectivity index is 1.76. The van der Waals surface area contributed by atoms with Crippen molar-refractivity contribution in [2.24, 2.45) is 15.2 Å². The van der Waals surface area contributed by atoms with Gasteiger partial charge in [0.25, 0.3) is 10.0 Å². The summed E-state index contributed by atoms with van der Waals surface area (Å²) in [6.45, 7) is 1.63. The lowest BCUT2D eigenvalue weighted by Crippen LogP contribution is -2.28. The Morgan fingerprint density at radius 2 is 1.81 bits per heavy atom. The van der Waals surface area contributed by atoms with Crippen molar-refractivity contribution >= 4 is 45.6 Å². The predicted molar refractivity (Wildman–Crippen MR) is 141 cm³/mol. The van der Waals surface area contributed by atoms with Crippen LogP contribution in [0.2, 0.25) is 5.02 Å². The van der Waals surface area contributed by atoms with Crippen molar-refractivity contribution in [3.8, 4) is 11.8 Å². The quantitative estimate of drug-likeness (QED) is 0.134. The number of nitrogens with two attached hydrogens (primary N) is 1. The van der Waals surface area contributed by atoms with E-state index in [1.165, 1.54) is 30.5 Å². The van der Waals surface area contributed by atoms with Crippen molar-refractivity contribution in [3.63, 3.8) is 0 Å². The number of nitrogens with one attached hydrogen (secondary N) is 1. The SMILES string of the molecule is Cc1cc(S(=O)(=O)/N=C(\N)N/N=C/C#Cc2ccccc2)c(SCc2ccc(C(F)(F)F)cc2)cc1Cl. The average molecular weight is 565 g/mol. The lowest BCUT2D eigenvalue weighted by Gasteiger charge is -2.11. The van der Waals surface area contributed by atoms with Gasteiger partial charge in [-0.2, -0.15) is 26.7 Å². The zero-order chi connectivity index (χ0) is 27.1. The van der Waals surface area contributed by atoms with Gasteiger partial charge in [0.1, 0.15) is 4.90 Å². The van der Waals surface area contributed by atoms with Crippen molar-refractivity contribution in [2.75, 3.05) is 0 Å². The summed E-state index contributed by atoms with van der Waals surface area (Å²) in [6, 6.07) is 16.6. The number of guanidine groups is 1. The highest BCUT2D eigenvalue weighted by Crippen LogP contribution is 2.35. The van der Waals surface area contributed by atoms with Crippen molar-refractivity contribution in [1.29, 1.82) is 0 Å². The number of benzene rings is 3. The molecule has 0 amide bonds. The highest BCUT2D eigenvalue weighted by atomic mass is 35.5. The number of rotatable bonds is 6. The van der Waals surface area contributed by atoms with Gasteiger partial charge >= 0.3 is 6.18 Å². The molecule has 0 saturated heterocycles. The van der Waals surface area contributed by atoms with Crippen molar-refractivity contribution in [1.82, 2.24) is 5.43 Å². The Kier molecular flexibility index (Phi) is 9.26. The molecule has 0 atom stereocenters. The largest absolute Gasteiger partial charge is 0.416 e. The zero-order valence-electron chi connectivity index (χ0n) is 19.3. The number of thioether (sulfide) groups is 1. The molecule has 0 heterocycles. The summed E-state index contributed by atoms with van der Waals surface area (Å²) in [5, 5.41) is 4.07. The van der Waals surface area contributed by atoms with E-state index in [1.54, 1.807) is 6.92 Å². The summed E-state index contributed by atoms with van der Waals surface area (Å²) in [7, 11) is -4.28. The smallest absolute Gasteiger partial charge is 0.368 e. The first-order chi connectivity index (χ1) is 17.5. The van der Waals surface area contributed by atoms with E-state index >= 15 is 0 Å². The monoisotopic (exact) mass is 564 g/mol. The minimum absolute atomic E-state index is 0.149. The van der Waals surface area contributed by atoms with Gasteiger partial charge in [-0.05, 0) is 60.4 Å². The van der Waals surface area contributed by atoms with Gasteiger partial charge in [0.2, 0.25) is 5.96 Å². The third-order valence-electron chi connectivity index (χ3n) is 4.70. The van der Waals surface area contributed by atoms with Crippen LogP contribution < -0.4 is 11.2 Å². The molecule has 0 spiro atoms. The van der Waals surface area contributed by atoms with Gasteiger partial charge in [-0.3, -0.25) is 0 Å². The molecule has 0 aliphatic carbocycles. The molecule has 12 heteroatoms. The highest BCUT2D eigenvalue weighted by molar-refractivity contribution is 7.99. The fraction of sp³-hybridized carbons (Fsp3) is 0.120. The molecule has 3 aromatic rings. The number of nitrogens with zero attached hydrogens (tertiary/aromatic N) is 2. The molecule has 3 aromatic carbocycles. The first kappa shape index (κ1) is 28.1. The molecule has 37 heavy (non-hydrogen) atoms. The van der Waals surface area contributed by atoms with Gasteiger partial charge < -0.3 is 5.73 Å². The Labute approximate surface area is 221 Å². The highest BCUT2D eigenvalue weighted by Gasteiger charge is 2.30. The molecule has 0 aromatic heterocycles. The van der Waals surface area contributed by atoms with E-state index in [2.05, 4.69) is 26.8 Å². The average Bonchev–Trinajstić information content (AvgIpc) is 2.84.